The summed E-state index contributed by atoms with van der Waals surface area (Å²) in [6.45, 7) is 1.47. The van der Waals surface area contributed by atoms with E-state index in [2.05, 4.69) is 26.6 Å². The average molecular weight is 682 g/mol. The molecular formula is C29H43N7O12. The monoisotopic (exact) mass is 681 g/mol. The summed E-state index contributed by atoms with van der Waals surface area (Å²) in [6.07, 6.45) is -1.76. The van der Waals surface area contributed by atoms with Crippen molar-refractivity contribution in [2.45, 2.75) is 75.8 Å². The Morgan fingerprint density at radius 2 is 1.10 bits per heavy atom. The summed E-state index contributed by atoms with van der Waals surface area (Å²) >= 11 is 0. The van der Waals surface area contributed by atoms with Crippen LogP contribution in [-0.4, -0.2) is 117 Å². The quantitative estimate of drug-likeness (QED) is 0.0583. The van der Waals surface area contributed by atoms with Crippen LogP contribution in [0.2, 0.25) is 0 Å². The van der Waals surface area contributed by atoms with E-state index in [1.807, 2.05) is 0 Å². The molecule has 0 saturated heterocycles. The number of benzene rings is 1. The van der Waals surface area contributed by atoms with Crippen molar-refractivity contribution in [1.82, 2.24) is 26.6 Å². The molecule has 0 saturated carbocycles. The zero-order valence-electron chi connectivity index (χ0n) is 26.4. The minimum Gasteiger partial charge on any atom is -0.481 e. The second-order valence-electron chi connectivity index (χ2n) is 11.2. The maximum absolute atomic E-state index is 13.4. The summed E-state index contributed by atoms with van der Waals surface area (Å²) in [7, 11) is 0. The van der Waals surface area contributed by atoms with Gasteiger partial charge < -0.3 is 58.5 Å². The molecule has 0 spiro atoms. The average Bonchev–Trinajstić information content (AvgIpc) is 3.00. The minimum atomic E-state index is -1.80. The second kappa shape index (κ2) is 20.2. The van der Waals surface area contributed by atoms with Gasteiger partial charge in [-0.3, -0.25) is 33.6 Å². The van der Waals surface area contributed by atoms with Crippen molar-refractivity contribution >= 4 is 47.4 Å². The zero-order valence-corrected chi connectivity index (χ0v) is 26.4. The van der Waals surface area contributed by atoms with Gasteiger partial charge >= 0.3 is 11.9 Å². The number of aliphatic hydroxyl groups excluding tert-OH is 2. The highest BCUT2D eigenvalue weighted by atomic mass is 16.4. The van der Waals surface area contributed by atoms with E-state index >= 15 is 0 Å². The molecule has 0 aliphatic rings. The number of primary amides is 1. The van der Waals surface area contributed by atoms with Crippen molar-refractivity contribution in [2.24, 2.45) is 17.4 Å². The van der Waals surface area contributed by atoms with Crippen LogP contribution in [0.15, 0.2) is 30.3 Å². The molecule has 0 unspecified atom stereocenters. The van der Waals surface area contributed by atoms with Crippen LogP contribution in [0.25, 0.3) is 0 Å². The van der Waals surface area contributed by atoms with Crippen molar-refractivity contribution in [1.29, 1.82) is 0 Å². The third kappa shape index (κ3) is 14.5. The Bertz CT molecular complexity index is 1310. The number of carboxylic acid groups (broad SMARTS) is 2. The van der Waals surface area contributed by atoms with Gasteiger partial charge in [-0.15, -0.1) is 0 Å². The van der Waals surface area contributed by atoms with Crippen molar-refractivity contribution < 1.29 is 58.8 Å². The molecule has 1 rings (SSSR count). The number of amides is 6. The molecule has 6 atom stereocenters. The lowest BCUT2D eigenvalue weighted by Crippen LogP contribution is -2.60. The number of carboxylic acids is 2. The zero-order chi connectivity index (χ0) is 36.6. The van der Waals surface area contributed by atoms with E-state index in [4.69, 9.17) is 11.5 Å². The Balaban J connectivity index is 3.23. The lowest BCUT2D eigenvalue weighted by molar-refractivity contribution is -0.144. The highest BCUT2D eigenvalue weighted by Crippen LogP contribution is 2.09. The predicted octanol–water partition coefficient (Wildman–Crippen LogP) is -4.55. The molecule has 6 amide bonds. The maximum Gasteiger partial charge on any atom is 0.328 e. The molecule has 266 valence electrons. The van der Waals surface area contributed by atoms with Crippen LogP contribution in [0, 0.1) is 5.92 Å². The van der Waals surface area contributed by atoms with Crippen LogP contribution < -0.4 is 38.1 Å². The first-order valence-electron chi connectivity index (χ1n) is 14.7. The fraction of sp³-hybridized carbons (Fsp3) is 0.517. The molecule has 0 aliphatic heterocycles. The highest BCUT2D eigenvalue weighted by Gasteiger charge is 2.34. The third-order valence-electron chi connectivity index (χ3n) is 6.64. The van der Waals surface area contributed by atoms with Gasteiger partial charge in [0.25, 0.3) is 0 Å². The topological polar surface area (TPSA) is 330 Å². The number of carbonyl (C=O) groups is 8. The summed E-state index contributed by atoms with van der Waals surface area (Å²) in [5.74, 6) is -9.45. The van der Waals surface area contributed by atoms with Crippen molar-refractivity contribution in [3.8, 4) is 0 Å². The van der Waals surface area contributed by atoms with Crippen LogP contribution >= 0.6 is 0 Å². The smallest absolute Gasteiger partial charge is 0.328 e. The molecule has 48 heavy (non-hydrogen) atoms. The van der Waals surface area contributed by atoms with Crippen LogP contribution in [0.3, 0.4) is 0 Å². The summed E-state index contributed by atoms with van der Waals surface area (Å²) in [4.78, 5) is 99.0. The molecule has 13 N–H and O–H groups in total. The highest BCUT2D eigenvalue weighted by molar-refractivity contribution is 5.97. The van der Waals surface area contributed by atoms with E-state index in [-0.39, 0.29) is 18.8 Å². The molecule has 19 heteroatoms. The van der Waals surface area contributed by atoms with Gasteiger partial charge in [0.05, 0.1) is 32.1 Å². The van der Waals surface area contributed by atoms with Crippen molar-refractivity contribution in [3.63, 3.8) is 0 Å². The molecular weight excluding hydrogens is 638 g/mol. The van der Waals surface area contributed by atoms with Gasteiger partial charge in [-0.2, -0.15) is 0 Å². The van der Waals surface area contributed by atoms with E-state index in [1.165, 1.54) is 0 Å². The van der Waals surface area contributed by atoms with Crippen LogP contribution in [0.1, 0.15) is 38.7 Å². The van der Waals surface area contributed by atoms with Gasteiger partial charge in [-0.1, -0.05) is 44.2 Å². The number of carbonyl (C=O) groups excluding carboxylic acids is 6. The van der Waals surface area contributed by atoms with E-state index in [9.17, 15) is 58.8 Å². The van der Waals surface area contributed by atoms with Gasteiger partial charge in [-0.05, 0) is 17.9 Å². The first-order valence-corrected chi connectivity index (χ1v) is 14.7. The molecule has 0 aromatic heterocycles. The van der Waals surface area contributed by atoms with E-state index < -0.39 is 110 Å². The number of aliphatic hydroxyl groups is 2. The maximum atomic E-state index is 13.4. The molecule has 0 heterocycles. The SMILES string of the molecule is CC(C)C[C@H](NC(=O)[C@H](CO)NC(=O)[C@@H](N)CC(N)=O)C(=O)N[C@@H](CC(=O)O)C(=O)N[C@@H](Cc1ccccc1)C(=O)N[C@@H](CO)C(=O)O. The van der Waals surface area contributed by atoms with Gasteiger partial charge in [-0.25, -0.2) is 4.79 Å². The second-order valence-corrected chi connectivity index (χ2v) is 11.2. The Hall–Kier alpha value is -5.14. The van der Waals surface area contributed by atoms with Crippen molar-refractivity contribution in [2.75, 3.05) is 13.2 Å². The van der Waals surface area contributed by atoms with Gasteiger partial charge in [0.2, 0.25) is 35.4 Å². The van der Waals surface area contributed by atoms with Crippen LogP contribution in [-0.2, 0) is 44.8 Å². The molecule has 1 aromatic carbocycles. The van der Waals surface area contributed by atoms with E-state index in [0.29, 0.717) is 5.56 Å². The number of nitrogens with one attached hydrogen (secondary N) is 5. The Morgan fingerprint density at radius 1 is 0.646 bits per heavy atom. The van der Waals surface area contributed by atoms with Gasteiger partial charge in [0.1, 0.15) is 30.2 Å². The molecule has 0 radical (unpaired) electrons. The Labute approximate surface area is 275 Å². The van der Waals surface area contributed by atoms with E-state index in [1.54, 1.807) is 44.2 Å². The largest absolute Gasteiger partial charge is 0.481 e. The number of hydrogen-bond donors (Lipinski definition) is 11. The van der Waals surface area contributed by atoms with E-state index in [0.717, 1.165) is 0 Å². The number of rotatable bonds is 21. The lowest BCUT2D eigenvalue weighted by Gasteiger charge is -2.27. The summed E-state index contributed by atoms with van der Waals surface area (Å²) < 4.78 is 0. The lowest BCUT2D eigenvalue weighted by atomic mass is 10.0. The molecule has 19 nitrogen and oxygen atoms in total. The third-order valence-corrected chi connectivity index (χ3v) is 6.64. The fourth-order valence-corrected chi connectivity index (χ4v) is 4.20. The first-order chi connectivity index (χ1) is 22.5. The van der Waals surface area contributed by atoms with Gasteiger partial charge in [0.15, 0.2) is 0 Å². The van der Waals surface area contributed by atoms with Gasteiger partial charge in [0, 0.05) is 6.42 Å². The molecule has 0 bridgehead atoms. The Kier molecular flexibility index (Phi) is 17.2. The normalized spacial score (nSPS) is 14.6. The summed E-state index contributed by atoms with van der Waals surface area (Å²) in [5.41, 5.74) is 11.1. The van der Waals surface area contributed by atoms with Crippen LogP contribution in [0.5, 0.6) is 0 Å². The standard InChI is InChI=1S/C29H43N7O12/c1-14(2)8-17(32-28(46)20(12-37)35-24(42)16(30)10-22(31)39)25(43)34-19(11-23(40)41)27(45)33-18(9-15-6-4-3-5-7-15)26(44)36-21(13-38)29(47)48/h3-7,14,16-21,37-38H,8-13,30H2,1-2H3,(H2,31,39)(H,32,46)(H,33,45)(H,34,43)(H,35,42)(H,36,44)(H,40,41)(H,47,48)/t16-,17-,18-,19-,20-,21-/m0/s1. The molecule has 0 fully saturated rings. The molecule has 1 aromatic rings. The molecule has 0 aliphatic carbocycles. The first kappa shape index (κ1) is 40.9. The van der Waals surface area contributed by atoms with Crippen LogP contribution in [0.4, 0.5) is 0 Å². The number of nitrogens with two attached hydrogens (primary N) is 2. The summed E-state index contributed by atoms with van der Waals surface area (Å²) in [5, 5.41) is 48.8. The predicted molar refractivity (Wildman–Crippen MR) is 165 cm³/mol. The minimum absolute atomic E-state index is 0.0525. The fourth-order valence-electron chi connectivity index (χ4n) is 4.20. The Morgan fingerprint density at radius 3 is 1.60 bits per heavy atom. The summed E-state index contributed by atoms with van der Waals surface area (Å²) in [6, 6.07) is -1.30. The number of aliphatic carboxylic acids is 2. The van der Waals surface area contributed by atoms with Crippen molar-refractivity contribution in [3.05, 3.63) is 35.9 Å². The number of hydrogen-bond acceptors (Lipinski definition) is 11.